The first-order valence-electron chi connectivity index (χ1n) is 7.21. The van der Waals surface area contributed by atoms with E-state index in [1.165, 1.54) is 11.3 Å². The van der Waals surface area contributed by atoms with Gasteiger partial charge < -0.3 is 5.32 Å². The van der Waals surface area contributed by atoms with Crippen LogP contribution in [0.3, 0.4) is 0 Å². The van der Waals surface area contributed by atoms with Crippen molar-refractivity contribution >= 4 is 44.0 Å². The van der Waals surface area contributed by atoms with Gasteiger partial charge >= 0.3 is 0 Å². The van der Waals surface area contributed by atoms with Crippen LogP contribution in [0.15, 0.2) is 5.38 Å². The molecule has 0 atom stereocenters. The van der Waals surface area contributed by atoms with Crippen LogP contribution >= 0.6 is 22.9 Å². The molecule has 22 heavy (non-hydrogen) atoms. The average molecular weight is 366 g/mol. The first kappa shape index (κ1) is 17.5. The van der Waals surface area contributed by atoms with Crippen molar-refractivity contribution in [3.8, 4) is 0 Å². The summed E-state index contributed by atoms with van der Waals surface area (Å²) in [6.45, 7) is 3.90. The number of alkyl halides is 1. The number of halogens is 1. The lowest BCUT2D eigenvalue weighted by atomic mass is 9.89. The Morgan fingerprint density at radius 3 is 2.59 bits per heavy atom. The molecule has 1 aliphatic rings. The minimum atomic E-state index is -3.32. The number of nitrogens with zero attached hydrogens (tertiary/aromatic N) is 1. The van der Waals surface area contributed by atoms with Crippen LogP contribution in [-0.2, 0) is 20.4 Å². The van der Waals surface area contributed by atoms with E-state index in [0.717, 1.165) is 0 Å². The SMILES string of the molecule is CCC(CC)(NC(=O)CCl)c1csc(NS(=O)(=O)C2CC2)n1. The number of nitrogens with one attached hydrogen (secondary N) is 2. The van der Waals surface area contributed by atoms with Crippen molar-refractivity contribution in [2.45, 2.75) is 50.3 Å². The zero-order chi connectivity index (χ0) is 16.4. The van der Waals surface area contributed by atoms with E-state index in [1.54, 1.807) is 5.38 Å². The summed E-state index contributed by atoms with van der Waals surface area (Å²) < 4.78 is 26.4. The van der Waals surface area contributed by atoms with Crippen molar-refractivity contribution in [3.63, 3.8) is 0 Å². The molecule has 1 aromatic rings. The van der Waals surface area contributed by atoms with E-state index in [9.17, 15) is 13.2 Å². The third kappa shape index (κ3) is 3.72. The summed E-state index contributed by atoms with van der Waals surface area (Å²) in [6, 6.07) is 0. The summed E-state index contributed by atoms with van der Waals surface area (Å²) >= 11 is 6.80. The molecule has 2 N–H and O–H groups in total. The van der Waals surface area contributed by atoms with Gasteiger partial charge in [0.05, 0.1) is 16.5 Å². The quantitative estimate of drug-likeness (QED) is 0.692. The van der Waals surface area contributed by atoms with E-state index in [2.05, 4.69) is 15.0 Å². The fourth-order valence-corrected chi connectivity index (χ4v) is 4.75. The van der Waals surface area contributed by atoms with Crippen LogP contribution in [0.25, 0.3) is 0 Å². The van der Waals surface area contributed by atoms with Gasteiger partial charge in [0.25, 0.3) is 0 Å². The van der Waals surface area contributed by atoms with Gasteiger partial charge in [-0.15, -0.1) is 22.9 Å². The van der Waals surface area contributed by atoms with Gasteiger partial charge in [-0.25, -0.2) is 13.4 Å². The van der Waals surface area contributed by atoms with Crippen molar-refractivity contribution in [1.82, 2.24) is 10.3 Å². The van der Waals surface area contributed by atoms with Crippen LogP contribution in [0.2, 0.25) is 0 Å². The second-order valence-electron chi connectivity index (χ2n) is 5.36. The van der Waals surface area contributed by atoms with Gasteiger partial charge in [0.2, 0.25) is 15.9 Å². The standard InChI is InChI=1S/C13H20ClN3O3S2/c1-3-13(4-2,16-11(18)7-14)10-8-21-12(15-10)17-22(19,20)9-5-6-9/h8-9H,3-7H2,1-2H3,(H,15,17)(H,16,18). The molecule has 0 radical (unpaired) electrons. The topological polar surface area (TPSA) is 88.2 Å². The van der Waals surface area contributed by atoms with Crippen molar-refractivity contribution < 1.29 is 13.2 Å². The normalized spacial score (nSPS) is 15.6. The van der Waals surface area contributed by atoms with Gasteiger partial charge in [0.1, 0.15) is 5.88 Å². The lowest BCUT2D eigenvalue weighted by Crippen LogP contribution is -2.46. The minimum absolute atomic E-state index is 0.118. The Morgan fingerprint density at radius 1 is 1.45 bits per heavy atom. The maximum Gasteiger partial charge on any atom is 0.237 e. The third-order valence-electron chi connectivity index (χ3n) is 3.89. The molecule has 0 spiro atoms. The molecular formula is C13H20ClN3O3S2. The molecule has 0 aromatic carbocycles. The maximum atomic E-state index is 12.0. The highest BCUT2D eigenvalue weighted by molar-refractivity contribution is 7.93. The summed E-state index contributed by atoms with van der Waals surface area (Å²) in [7, 11) is -3.32. The van der Waals surface area contributed by atoms with Crippen LogP contribution in [0.1, 0.15) is 45.2 Å². The number of sulfonamides is 1. The molecule has 124 valence electrons. The summed E-state index contributed by atoms with van der Waals surface area (Å²) in [4.78, 5) is 16.1. The molecule has 6 nitrogen and oxygen atoms in total. The number of thiazole rings is 1. The zero-order valence-electron chi connectivity index (χ0n) is 12.6. The second kappa shape index (κ2) is 6.72. The number of rotatable bonds is 8. The number of carbonyl (C=O) groups is 1. The Kier molecular flexibility index (Phi) is 5.34. The summed E-state index contributed by atoms with van der Waals surface area (Å²) in [6.07, 6.45) is 2.69. The van der Waals surface area contributed by atoms with Crippen LogP contribution in [-0.4, -0.2) is 30.4 Å². The predicted octanol–water partition coefficient (Wildman–Crippen LogP) is 2.42. The molecule has 1 saturated carbocycles. The molecule has 1 fully saturated rings. The summed E-state index contributed by atoms with van der Waals surface area (Å²) in [5.41, 5.74) is 0.0422. The molecule has 0 saturated heterocycles. The molecule has 1 aromatic heterocycles. The molecule has 1 heterocycles. The smallest absolute Gasteiger partial charge is 0.237 e. The van der Waals surface area contributed by atoms with Crippen molar-refractivity contribution in [2.24, 2.45) is 0 Å². The number of anilines is 1. The Balaban J connectivity index is 2.21. The minimum Gasteiger partial charge on any atom is -0.344 e. The fraction of sp³-hybridized carbons (Fsp3) is 0.692. The third-order valence-corrected chi connectivity index (χ3v) is 6.85. The van der Waals surface area contributed by atoms with Gasteiger partial charge in [-0.3, -0.25) is 9.52 Å². The van der Waals surface area contributed by atoms with Crippen LogP contribution < -0.4 is 10.0 Å². The molecule has 0 unspecified atom stereocenters. The summed E-state index contributed by atoms with van der Waals surface area (Å²) in [5.74, 6) is -0.383. The Hall–Kier alpha value is -0.860. The van der Waals surface area contributed by atoms with E-state index < -0.39 is 15.6 Å². The molecular weight excluding hydrogens is 346 g/mol. The largest absolute Gasteiger partial charge is 0.344 e. The van der Waals surface area contributed by atoms with Gasteiger partial charge in [-0.05, 0) is 25.7 Å². The van der Waals surface area contributed by atoms with Crippen LogP contribution in [0.5, 0.6) is 0 Å². The van der Waals surface area contributed by atoms with E-state index in [-0.39, 0.29) is 17.0 Å². The molecule has 0 aliphatic heterocycles. The number of amides is 1. The summed E-state index contributed by atoms with van der Waals surface area (Å²) in [5, 5.41) is 4.73. The first-order valence-corrected chi connectivity index (χ1v) is 10.2. The number of aromatic nitrogens is 1. The van der Waals surface area contributed by atoms with Crippen LogP contribution in [0, 0.1) is 0 Å². The number of hydrogen-bond acceptors (Lipinski definition) is 5. The molecule has 9 heteroatoms. The predicted molar refractivity (Wildman–Crippen MR) is 88.8 cm³/mol. The van der Waals surface area contributed by atoms with Gasteiger partial charge in [-0.2, -0.15) is 0 Å². The van der Waals surface area contributed by atoms with Crippen molar-refractivity contribution in [1.29, 1.82) is 0 Å². The van der Waals surface area contributed by atoms with E-state index >= 15 is 0 Å². The van der Waals surface area contributed by atoms with E-state index in [1.807, 2.05) is 13.8 Å². The van der Waals surface area contributed by atoms with Crippen molar-refractivity contribution in [2.75, 3.05) is 10.6 Å². The monoisotopic (exact) mass is 365 g/mol. The second-order valence-corrected chi connectivity index (χ2v) is 8.44. The highest BCUT2D eigenvalue weighted by Crippen LogP contribution is 2.34. The zero-order valence-corrected chi connectivity index (χ0v) is 14.9. The van der Waals surface area contributed by atoms with Crippen LogP contribution in [0.4, 0.5) is 5.13 Å². The van der Waals surface area contributed by atoms with Gasteiger partial charge in [-0.1, -0.05) is 13.8 Å². The highest BCUT2D eigenvalue weighted by Gasteiger charge is 2.37. The van der Waals surface area contributed by atoms with E-state index in [0.29, 0.717) is 36.5 Å². The van der Waals surface area contributed by atoms with E-state index in [4.69, 9.17) is 11.6 Å². The highest BCUT2D eigenvalue weighted by atomic mass is 35.5. The molecule has 1 aliphatic carbocycles. The Labute approximate surface area is 139 Å². The maximum absolute atomic E-state index is 12.0. The molecule has 0 bridgehead atoms. The molecule has 1 amide bonds. The lowest BCUT2D eigenvalue weighted by Gasteiger charge is -2.31. The first-order chi connectivity index (χ1) is 10.4. The average Bonchev–Trinajstić information content (AvgIpc) is 3.26. The van der Waals surface area contributed by atoms with Crippen molar-refractivity contribution in [3.05, 3.63) is 11.1 Å². The van der Waals surface area contributed by atoms with Gasteiger partial charge in [0.15, 0.2) is 5.13 Å². The number of hydrogen-bond donors (Lipinski definition) is 2. The molecule has 2 rings (SSSR count). The lowest BCUT2D eigenvalue weighted by molar-refractivity contribution is -0.120. The Bertz CT molecular complexity index is 637. The van der Waals surface area contributed by atoms with Gasteiger partial charge in [0, 0.05) is 5.38 Å². The fourth-order valence-electron chi connectivity index (χ4n) is 2.28. The number of carbonyl (C=O) groups excluding carboxylic acids is 1. The Morgan fingerprint density at radius 2 is 2.09 bits per heavy atom.